The fourth-order valence-corrected chi connectivity index (χ4v) is 1.27. The van der Waals surface area contributed by atoms with E-state index in [1.807, 2.05) is 35.8 Å². The van der Waals surface area contributed by atoms with Crippen LogP contribution in [-0.4, -0.2) is 16.4 Å². The number of hydrogen-bond donors (Lipinski definition) is 2. The summed E-state index contributed by atoms with van der Waals surface area (Å²) in [5, 5.41) is 1.00. The summed E-state index contributed by atoms with van der Waals surface area (Å²) in [7, 11) is 0. The highest BCUT2D eigenvalue weighted by atomic mass is 16.2. The van der Waals surface area contributed by atoms with Gasteiger partial charge in [0, 0.05) is 5.39 Å². The molecule has 5 heteroatoms. The van der Waals surface area contributed by atoms with Crippen molar-refractivity contribution in [3.8, 4) is 0 Å². The first-order chi connectivity index (χ1) is 6.81. The first-order valence-corrected chi connectivity index (χ1v) is 4.18. The fraction of sp³-hybridized carbons (Fsp3) is 0. The van der Waals surface area contributed by atoms with Crippen molar-refractivity contribution in [3.05, 3.63) is 42.1 Å². The van der Waals surface area contributed by atoms with Crippen LogP contribution in [0.5, 0.6) is 0 Å². The molecule has 0 unspecified atom stereocenters. The Balaban J connectivity index is 0.00000112. The largest absolute Gasteiger partial charge is 0.412 e. The van der Waals surface area contributed by atoms with Gasteiger partial charge in [0.25, 0.3) is 5.91 Å². The van der Waals surface area contributed by atoms with Gasteiger partial charge in [-0.25, -0.2) is 10.8 Å². The molecule has 5 nitrogen and oxygen atoms in total. The maximum absolute atomic E-state index is 11.2. The van der Waals surface area contributed by atoms with Gasteiger partial charge in [0.05, 0.1) is 5.52 Å². The summed E-state index contributed by atoms with van der Waals surface area (Å²) in [5.41, 5.74) is 3.16. The molecule has 0 radical (unpaired) electrons. The molecule has 0 spiro atoms. The molecule has 0 fully saturated rings. The normalized spacial score (nSPS) is 9.40. The smallest absolute Gasteiger partial charge is 0.283 e. The van der Waals surface area contributed by atoms with Crippen LogP contribution < -0.4 is 11.3 Å². The maximum Gasteiger partial charge on any atom is 0.283 e. The molecule has 1 amide bonds. The zero-order chi connectivity index (χ0) is 9.97. The molecule has 0 aliphatic rings. The van der Waals surface area contributed by atoms with Crippen LogP contribution in [0.2, 0.25) is 0 Å². The second kappa shape index (κ2) is 4.50. The summed E-state index contributed by atoms with van der Waals surface area (Å²) >= 11 is 0. The summed E-state index contributed by atoms with van der Waals surface area (Å²) < 4.78 is 0. The van der Waals surface area contributed by atoms with Crippen LogP contribution in [0, 0.1) is 0 Å². The maximum atomic E-state index is 11.2. The Kier molecular flexibility index (Phi) is 3.33. The highest BCUT2D eigenvalue weighted by Crippen LogP contribution is 2.11. The van der Waals surface area contributed by atoms with Gasteiger partial charge in [-0.1, -0.05) is 24.3 Å². The topological polar surface area (TPSA) is 99.5 Å². The lowest BCUT2D eigenvalue weighted by molar-refractivity contribution is 0.0949. The second-order valence-corrected chi connectivity index (χ2v) is 2.86. The monoisotopic (exact) mass is 205 g/mol. The highest BCUT2D eigenvalue weighted by molar-refractivity contribution is 5.94. The zero-order valence-corrected chi connectivity index (χ0v) is 7.90. The van der Waals surface area contributed by atoms with Gasteiger partial charge >= 0.3 is 0 Å². The lowest BCUT2D eigenvalue weighted by Gasteiger charge is -2.00. The molecular formula is C10H11N3O2. The van der Waals surface area contributed by atoms with Gasteiger partial charge in [0.15, 0.2) is 0 Å². The molecule has 2 aromatic rings. The molecular weight excluding hydrogens is 194 g/mol. The Labute approximate surface area is 86.2 Å². The van der Waals surface area contributed by atoms with Crippen molar-refractivity contribution in [1.82, 2.24) is 10.4 Å². The Bertz CT molecular complexity index is 485. The van der Waals surface area contributed by atoms with Gasteiger partial charge < -0.3 is 5.48 Å². The number of pyridine rings is 1. The van der Waals surface area contributed by atoms with Gasteiger partial charge in [0.1, 0.15) is 5.69 Å². The zero-order valence-electron chi connectivity index (χ0n) is 7.90. The Morgan fingerprint density at radius 2 is 1.93 bits per heavy atom. The third-order valence-electron chi connectivity index (χ3n) is 1.96. The van der Waals surface area contributed by atoms with E-state index in [4.69, 9.17) is 5.84 Å². The minimum atomic E-state index is -0.379. The van der Waals surface area contributed by atoms with Crippen molar-refractivity contribution in [2.24, 2.45) is 5.84 Å². The number of hydrogen-bond acceptors (Lipinski definition) is 3. The standard InChI is InChI=1S/C10H9N3O.H2O/c11-13-10(14)9-6-5-7-3-1-2-4-8(7)12-9;/h1-6H,11H2,(H,13,14);1H2. The first kappa shape index (κ1) is 11.1. The summed E-state index contributed by atoms with van der Waals surface area (Å²) in [5.74, 6) is 4.63. The van der Waals surface area contributed by atoms with Crippen molar-refractivity contribution in [2.75, 3.05) is 0 Å². The van der Waals surface area contributed by atoms with Crippen molar-refractivity contribution in [3.63, 3.8) is 0 Å². The van der Waals surface area contributed by atoms with Gasteiger partial charge in [0.2, 0.25) is 0 Å². The van der Waals surface area contributed by atoms with Gasteiger partial charge in [-0.05, 0) is 12.1 Å². The van der Waals surface area contributed by atoms with E-state index in [-0.39, 0.29) is 11.4 Å². The summed E-state index contributed by atoms with van der Waals surface area (Å²) in [6, 6.07) is 11.1. The molecule has 1 aromatic carbocycles. The minimum Gasteiger partial charge on any atom is -0.412 e. The molecule has 0 saturated heterocycles. The van der Waals surface area contributed by atoms with Gasteiger partial charge in [-0.3, -0.25) is 10.2 Å². The second-order valence-electron chi connectivity index (χ2n) is 2.86. The number of fused-ring (bicyclic) bond motifs is 1. The van der Waals surface area contributed by atoms with Crippen LogP contribution in [0.25, 0.3) is 10.9 Å². The minimum absolute atomic E-state index is 0. The van der Waals surface area contributed by atoms with Crippen LogP contribution >= 0.6 is 0 Å². The molecule has 1 heterocycles. The Morgan fingerprint density at radius 1 is 1.20 bits per heavy atom. The number of nitrogens with one attached hydrogen (secondary N) is 1. The number of aromatic nitrogens is 1. The summed E-state index contributed by atoms with van der Waals surface area (Å²) in [4.78, 5) is 15.3. The SMILES string of the molecule is NNC(=O)c1ccc2ccccc2n1.O. The number of nitrogen functional groups attached to an aromatic ring is 1. The number of nitrogens with two attached hydrogens (primary N) is 1. The van der Waals surface area contributed by atoms with E-state index in [1.54, 1.807) is 6.07 Å². The van der Waals surface area contributed by atoms with E-state index in [2.05, 4.69) is 4.98 Å². The third-order valence-corrected chi connectivity index (χ3v) is 1.96. The van der Waals surface area contributed by atoms with E-state index < -0.39 is 0 Å². The number of hydrazine groups is 1. The highest BCUT2D eigenvalue weighted by Gasteiger charge is 2.04. The van der Waals surface area contributed by atoms with E-state index in [9.17, 15) is 4.79 Å². The van der Waals surface area contributed by atoms with Crippen molar-refractivity contribution < 1.29 is 10.3 Å². The molecule has 1 aromatic heterocycles. The molecule has 0 bridgehead atoms. The van der Waals surface area contributed by atoms with Crippen LogP contribution in [-0.2, 0) is 0 Å². The predicted octanol–water partition coefficient (Wildman–Crippen LogP) is 0.0136. The lowest BCUT2D eigenvalue weighted by atomic mass is 10.2. The molecule has 5 N–H and O–H groups in total. The predicted molar refractivity (Wildman–Crippen MR) is 57.0 cm³/mol. The number of carbonyl (C=O) groups excluding carboxylic acids is 1. The van der Waals surface area contributed by atoms with E-state index >= 15 is 0 Å². The Hall–Kier alpha value is -1.98. The van der Waals surface area contributed by atoms with Crippen molar-refractivity contribution >= 4 is 16.8 Å². The van der Waals surface area contributed by atoms with E-state index in [0.29, 0.717) is 5.69 Å². The van der Waals surface area contributed by atoms with Gasteiger partial charge in [-0.2, -0.15) is 0 Å². The number of carbonyl (C=O) groups is 1. The molecule has 0 saturated carbocycles. The number of rotatable bonds is 1. The number of amides is 1. The summed E-state index contributed by atoms with van der Waals surface area (Å²) in [6.45, 7) is 0. The van der Waals surface area contributed by atoms with Crippen LogP contribution in [0.1, 0.15) is 10.5 Å². The van der Waals surface area contributed by atoms with Crippen LogP contribution in [0.3, 0.4) is 0 Å². The van der Waals surface area contributed by atoms with E-state index in [1.165, 1.54) is 0 Å². The molecule has 15 heavy (non-hydrogen) atoms. The number of para-hydroxylation sites is 1. The quantitative estimate of drug-likeness (QED) is 0.389. The average Bonchev–Trinajstić information content (AvgIpc) is 2.27. The van der Waals surface area contributed by atoms with Crippen LogP contribution in [0.4, 0.5) is 0 Å². The first-order valence-electron chi connectivity index (χ1n) is 4.18. The Morgan fingerprint density at radius 3 is 2.67 bits per heavy atom. The third kappa shape index (κ3) is 2.09. The number of benzene rings is 1. The van der Waals surface area contributed by atoms with Gasteiger partial charge in [-0.15, -0.1) is 0 Å². The average molecular weight is 205 g/mol. The molecule has 0 atom stereocenters. The van der Waals surface area contributed by atoms with Crippen molar-refractivity contribution in [2.45, 2.75) is 0 Å². The summed E-state index contributed by atoms with van der Waals surface area (Å²) in [6.07, 6.45) is 0. The molecule has 78 valence electrons. The lowest BCUT2D eigenvalue weighted by Crippen LogP contribution is -2.30. The van der Waals surface area contributed by atoms with E-state index in [0.717, 1.165) is 10.9 Å². The fourth-order valence-electron chi connectivity index (χ4n) is 1.27. The molecule has 0 aliphatic carbocycles. The van der Waals surface area contributed by atoms with Crippen molar-refractivity contribution in [1.29, 1.82) is 0 Å². The van der Waals surface area contributed by atoms with Crippen LogP contribution in [0.15, 0.2) is 36.4 Å². The number of nitrogens with zero attached hydrogens (tertiary/aromatic N) is 1. The molecule has 0 aliphatic heterocycles. The molecule has 2 rings (SSSR count).